The molecule has 0 aliphatic rings. The van der Waals surface area contributed by atoms with Gasteiger partial charge in [-0.2, -0.15) is 5.26 Å². The Balaban J connectivity index is 3.39. The van der Waals surface area contributed by atoms with Crippen LogP contribution < -0.4 is 0 Å². The third kappa shape index (κ3) is 4.06. The minimum absolute atomic E-state index is 0.0623. The molecule has 20 heavy (non-hydrogen) atoms. The summed E-state index contributed by atoms with van der Waals surface area (Å²) in [5.41, 5.74) is -0.0652. The highest BCUT2D eigenvalue weighted by Gasteiger charge is 2.21. The predicted octanol–water partition coefficient (Wildman–Crippen LogP) is 0.0579. The quantitative estimate of drug-likeness (QED) is 0.443. The van der Waals surface area contributed by atoms with Gasteiger partial charge in [-0.1, -0.05) is 0 Å². The highest BCUT2D eigenvalue weighted by atomic mass is 32.2. The smallest absolute Gasteiger partial charge is 0.206 e. The first-order valence-electron chi connectivity index (χ1n) is 5.13. The Hall–Kier alpha value is -1.38. The molecule has 8 nitrogen and oxygen atoms in total. The number of aromatic nitrogens is 1. The summed E-state index contributed by atoms with van der Waals surface area (Å²) in [5.74, 6) is 0. The van der Waals surface area contributed by atoms with E-state index in [2.05, 4.69) is 9.72 Å². The summed E-state index contributed by atoms with van der Waals surface area (Å²) in [6.07, 6.45) is 0.862. The van der Waals surface area contributed by atoms with E-state index in [0.717, 1.165) is 6.26 Å². The third-order valence-electron chi connectivity index (χ3n) is 2.12. The average molecular weight is 320 g/mol. The minimum atomic E-state index is -3.79. The highest BCUT2D eigenvalue weighted by Crippen LogP contribution is 2.20. The van der Waals surface area contributed by atoms with E-state index in [1.165, 1.54) is 13.2 Å². The van der Waals surface area contributed by atoms with E-state index in [1.54, 1.807) is 6.07 Å². The summed E-state index contributed by atoms with van der Waals surface area (Å²) >= 11 is -2.51. The monoisotopic (exact) mass is 320 g/mol. The lowest BCUT2D eigenvalue weighted by molar-refractivity contribution is -0.0399. The van der Waals surface area contributed by atoms with Crippen LogP contribution in [0.1, 0.15) is 11.1 Å². The Morgan fingerprint density at radius 3 is 2.65 bits per heavy atom. The number of nitrogens with zero attached hydrogens (tertiary/aromatic N) is 2. The van der Waals surface area contributed by atoms with Gasteiger partial charge in [0.2, 0.25) is 11.1 Å². The average Bonchev–Trinajstić information content (AvgIpc) is 2.36. The molecule has 0 aliphatic heterocycles. The molecule has 0 fully saturated rings. The van der Waals surface area contributed by atoms with Crippen molar-refractivity contribution in [3.8, 4) is 6.07 Å². The first-order chi connectivity index (χ1) is 9.31. The topological polar surface area (TPSA) is 127 Å². The molecule has 10 heteroatoms. The summed E-state index contributed by atoms with van der Waals surface area (Å²) in [6, 6.07) is 2.86. The maximum absolute atomic E-state index is 11.5. The summed E-state index contributed by atoms with van der Waals surface area (Å²) in [7, 11) is -2.39. The van der Waals surface area contributed by atoms with E-state index in [9.17, 15) is 12.6 Å². The highest BCUT2D eigenvalue weighted by molar-refractivity contribution is 7.90. The van der Waals surface area contributed by atoms with Gasteiger partial charge in [0.1, 0.15) is 12.9 Å². The normalized spacial score (nSPS) is 12.9. The largest absolute Gasteiger partial charge is 0.359 e. The Morgan fingerprint density at radius 1 is 1.55 bits per heavy atom. The van der Waals surface area contributed by atoms with Crippen LogP contribution in [0.4, 0.5) is 0 Å². The van der Waals surface area contributed by atoms with Crippen molar-refractivity contribution in [2.24, 2.45) is 0 Å². The van der Waals surface area contributed by atoms with Crippen LogP contribution in [0.2, 0.25) is 0 Å². The van der Waals surface area contributed by atoms with Crippen molar-refractivity contribution in [1.82, 2.24) is 4.98 Å². The van der Waals surface area contributed by atoms with Crippen LogP contribution in [0.15, 0.2) is 16.1 Å². The molecule has 1 unspecified atom stereocenters. The van der Waals surface area contributed by atoms with Crippen LogP contribution in [-0.2, 0) is 37.0 Å². The van der Waals surface area contributed by atoms with E-state index in [-0.39, 0.29) is 29.6 Å². The Kier molecular flexibility index (Phi) is 5.73. The van der Waals surface area contributed by atoms with Crippen LogP contribution in [0, 0.1) is 11.3 Å². The molecule has 0 saturated carbocycles. The van der Waals surface area contributed by atoms with Crippen LogP contribution >= 0.6 is 0 Å². The van der Waals surface area contributed by atoms with E-state index < -0.39 is 25.9 Å². The van der Waals surface area contributed by atoms with Gasteiger partial charge >= 0.3 is 0 Å². The van der Waals surface area contributed by atoms with Gasteiger partial charge in [-0.25, -0.2) is 17.6 Å². The van der Waals surface area contributed by atoms with E-state index in [1.807, 2.05) is 0 Å². The van der Waals surface area contributed by atoms with E-state index in [0.29, 0.717) is 0 Å². The SMILES string of the molecule is COCOCc1cc(C#N)c(S(C)(=O)=O)nc1S(=O)O. The van der Waals surface area contributed by atoms with E-state index in [4.69, 9.17) is 14.6 Å². The molecule has 0 radical (unpaired) electrons. The molecule has 0 aromatic carbocycles. The number of nitriles is 1. The zero-order chi connectivity index (χ0) is 15.3. The van der Waals surface area contributed by atoms with Crippen LogP contribution in [0.3, 0.4) is 0 Å². The van der Waals surface area contributed by atoms with Gasteiger partial charge in [-0.3, -0.25) is 0 Å². The second-order valence-electron chi connectivity index (χ2n) is 3.69. The summed E-state index contributed by atoms with van der Waals surface area (Å²) < 4.78 is 53.1. The van der Waals surface area contributed by atoms with Crippen molar-refractivity contribution >= 4 is 20.9 Å². The van der Waals surface area contributed by atoms with E-state index >= 15 is 0 Å². The van der Waals surface area contributed by atoms with Gasteiger partial charge in [-0.05, 0) is 6.07 Å². The van der Waals surface area contributed by atoms with Crippen molar-refractivity contribution in [1.29, 1.82) is 5.26 Å². The number of hydrogen-bond donors (Lipinski definition) is 1. The maximum Gasteiger partial charge on any atom is 0.206 e. The molecule has 110 valence electrons. The molecule has 0 saturated heterocycles. The van der Waals surface area contributed by atoms with Gasteiger partial charge in [0, 0.05) is 18.9 Å². The maximum atomic E-state index is 11.5. The predicted molar refractivity (Wildman–Crippen MR) is 67.8 cm³/mol. The van der Waals surface area contributed by atoms with Crippen molar-refractivity contribution in [2.45, 2.75) is 16.7 Å². The van der Waals surface area contributed by atoms with Gasteiger partial charge in [-0.15, -0.1) is 0 Å². The fourth-order valence-corrected chi connectivity index (χ4v) is 2.70. The fourth-order valence-electron chi connectivity index (χ4n) is 1.37. The number of methoxy groups -OCH3 is 1. The molecule has 0 spiro atoms. The number of sulfone groups is 1. The standard InChI is InChI=1S/C10H12N2O6S2/c1-17-6-18-5-8-3-7(4-11)10(20(2,15)16)12-9(8)19(13)14/h3H,5-6H2,1-2H3,(H,13,14). The molecule has 1 rings (SSSR count). The fraction of sp³-hybridized carbons (Fsp3) is 0.400. The number of pyridine rings is 1. The first kappa shape index (κ1) is 16.7. The first-order valence-corrected chi connectivity index (χ1v) is 8.12. The molecule has 1 atom stereocenters. The third-order valence-corrected chi connectivity index (χ3v) is 3.82. The summed E-state index contributed by atoms with van der Waals surface area (Å²) in [6.45, 7) is -0.200. The number of hydrogen-bond acceptors (Lipinski definition) is 7. The van der Waals surface area contributed by atoms with Crippen molar-refractivity contribution < 1.29 is 26.7 Å². The zero-order valence-corrected chi connectivity index (χ0v) is 12.3. The second-order valence-corrected chi connectivity index (χ2v) is 6.51. The lowest BCUT2D eigenvalue weighted by Crippen LogP contribution is -2.11. The van der Waals surface area contributed by atoms with Gasteiger partial charge in [0.25, 0.3) is 0 Å². The summed E-state index contributed by atoms with van der Waals surface area (Å²) in [5, 5.41) is 8.05. The van der Waals surface area contributed by atoms with Gasteiger partial charge < -0.3 is 14.0 Å². The molecule has 0 aliphatic carbocycles. The summed E-state index contributed by atoms with van der Waals surface area (Å²) in [4.78, 5) is 3.61. The molecule has 1 heterocycles. The molecule has 0 bridgehead atoms. The lowest BCUT2D eigenvalue weighted by atomic mass is 10.2. The Bertz CT molecular complexity index is 665. The molecular formula is C10H12N2O6S2. The van der Waals surface area contributed by atoms with Gasteiger partial charge in [0.05, 0.1) is 12.2 Å². The molecule has 1 aromatic heterocycles. The molecule has 1 aromatic rings. The molecule has 1 N–H and O–H groups in total. The van der Waals surface area contributed by atoms with Crippen molar-refractivity contribution in [3.05, 3.63) is 17.2 Å². The van der Waals surface area contributed by atoms with Crippen molar-refractivity contribution in [2.75, 3.05) is 20.2 Å². The molecular weight excluding hydrogens is 308 g/mol. The van der Waals surface area contributed by atoms with Crippen LogP contribution in [-0.4, -0.2) is 42.3 Å². The Labute approximate surface area is 118 Å². The van der Waals surface area contributed by atoms with Crippen LogP contribution in [0.5, 0.6) is 0 Å². The number of ether oxygens (including phenoxy) is 2. The zero-order valence-electron chi connectivity index (χ0n) is 10.7. The van der Waals surface area contributed by atoms with Crippen molar-refractivity contribution in [3.63, 3.8) is 0 Å². The Morgan fingerprint density at radius 2 is 2.20 bits per heavy atom. The lowest BCUT2D eigenvalue weighted by Gasteiger charge is -2.09. The van der Waals surface area contributed by atoms with Crippen LogP contribution in [0.25, 0.3) is 0 Å². The minimum Gasteiger partial charge on any atom is -0.359 e. The molecule has 0 amide bonds. The second kappa shape index (κ2) is 6.87. The van der Waals surface area contributed by atoms with Gasteiger partial charge in [0.15, 0.2) is 19.9 Å². The number of rotatable bonds is 6.